The highest BCUT2D eigenvalue weighted by molar-refractivity contribution is 4.92. The summed E-state index contributed by atoms with van der Waals surface area (Å²) in [5.41, 5.74) is 0. The lowest BCUT2D eigenvalue weighted by Crippen LogP contribution is -2.45. The number of aryl methyl sites for hydroxylation is 1. The Kier molecular flexibility index (Phi) is 4.33. The molecule has 2 aliphatic heterocycles. The topological polar surface area (TPSA) is 57.4 Å². The molecule has 0 aliphatic carbocycles. The number of hydrogen-bond donors (Lipinski definition) is 1. The van der Waals surface area contributed by atoms with Crippen LogP contribution in [-0.2, 0) is 6.54 Å². The zero-order chi connectivity index (χ0) is 13.9. The second-order valence-electron chi connectivity index (χ2n) is 6.06. The number of aromatic nitrogens is 3. The predicted octanol–water partition coefficient (Wildman–Crippen LogP) is 0.118. The fraction of sp³-hybridized carbons (Fsp3) is 0.857. The summed E-state index contributed by atoms with van der Waals surface area (Å²) in [6.45, 7) is 7.92. The summed E-state index contributed by atoms with van der Waals surface area (Å²) in [5.74, 6) is 0.956. The Hall–Kier alpha value is -0.980. The molecule has 112 valence electrons. The fourth-order valence-corrected chi connectivity index (χ4v) is 3.42. The maximum absolute atomic E-state index is 10.3. The van der Waals surface area contributed by atoms with Crippen molar-refractivity contribution in [2.45, 2.75) is 44.9 Å². The van der Waals surface area contributed by atoms with E-state index in [1.807, 2.05) is 6.92 Å². The van der Waals surface area contributed by atoms with E-state index in [0.29, 0.717) is 6.04 Å². The van der Waals surface area contributed by atoms with Gasteiger partial charge in [-0.1, -0.05) is 6.42 Å². The maximum Gasteiger partial charge on any atom is 0.129 e. The first-order valence-electron chi connectivity index (χ1n) is 7.73. The number of hydrogen-bond acceptors (Lipinski definition) is 5. The molecule has 2 atom stereocenters. The number of rotatable bonds is 4. The Balaban J connectivity index is 1.51. The van der Waals surface area contributed by atoms with Crippen LogP contribution in [0.4, 0.5) is 0 Å². The van der Waals surface area contributed by atoms with E-state index in [-0.39, 0.29) is 6.10 Å². The molecule has 0 radical (unpaired) electrons. The van der Waals surface area contributed by atoms with Gasteiger partial charge in [0.1, 0.15) is 12.2 Å². The third kappa shape index (κ3) is 3.02. The maximum atomic E-state index is 10.3. The molecule has 6 heteroatoms. The zero-order valence-electron chi connectivity index (χ0n) is 12.3. The lowest BCUT2D eigenvalue weighted by atomic mass is 10.1. The van der Waals surface area contributed by atoms with Crippen molar-refractivity contribution in [3.05, 3.63) is 12.2 Å². The van der Waals surface area contributed by atoms with Crippen LogP contribution in [0.2, 0.25) is 0 Å². The van der Waals surface area contributed by atoms with Gasteiger partial charge >= 0.3 is 0 Å². The molecule has 2 aliphatic rings. The highest BCUT2D eigenvalue weighted by Gasteiger charge is 2.35. The summed E-state index contributed by atoms with van der Waals surface area (Å²) >= 11 is 0. The molecule has 1 N–H and O–H groups in total. The minimum Gasteiger partial charge on any atom is -0.390 e. The molecule has 1 aromatic rings. The molecule has 3 heterocycles. The Bertz CT molecular complexity index is 429. The van der Waals surface area contributed by atoms with Gasteiger partial charge in [0.15, 0.2) is 0 Å². The minimum atomic E-state index is -0.199. The summed E-state index contributed by atoms with van der Waals surface area (Å²) in [6.07, 6.45) is 5.49. The highest BCUT2D eigenvalue weighted by Crippen LogP contribution is 2.20. The molecule has 0 saturated carbocycles. The molecule has 1 aromatic heterocycles. The fourth-order valence-electron chi connectivity index (χ4n) is 3.42. The average molecular weight is 279 g/mol. The number of nitrogens with zero attached hydrogens (tertiary/aromatic N) is 5. The van der Waals surface area contributed by atoms with Crippen LogP contribution in [0.15, 0.2) is 6.33 Å². The van der Waals surface area contributed by atoms with Crippen molar-refractivity contribution in [1.82, 2.24) is 24.6 Å². The molecule has 0 bridgehead atoms. The largest absolute Gasteiger partial charge is 0.390 e. The lowest BCUT2D eigenvalue weighted by molar-refractivity contribution is 0.0706. The van der Waals surface area contributed by atoms with Crippen molar-refractivity contribution in [2.24, 2.45) is 0 Å². The van der Waals surface area contributed by atoms with Gasteiger partial charge in [-0.3, -0.25) is 9.80 Å². The first-order chi connectivity index (χ1) is 9.74. The van der Waals surface area contributed by atoms with Crippen molar-refractivity contribution < 1.29 is 5.11 Å². The van der Waals surface area contributed by atoms with E-state index in [0.717, 1.165) is 45.1 Å². The van der Waals surface area contributed by atoms with Crippen LogP contribution in [0, 0.1) is 6.92 Å². The van der Waals surface area contributed by atoms with Crippen molar-refractivity contribution in [2.75, 3.05) is 32.7 Å². The van der Waals surface area contributed by atoms with Crippen molar-refractivity contribution in [1.29, 1.82) is 0 Å². The van der Waals surface area contributed by atoms with Gasteiger partial charge in [0.25, 0.3) is 0 Å². The number of piperidine rings is 1. The molecule has 0 spiro atoms. The molecule has 0 unspecified atom stereocenters. The molecular formula is C14H25N5O. The van der Waals surface area contributed by atoms with Crippen LogP contribution in [0.3, 0.4) is 0 Å². The van der Waals surface area contributed by atoms with E-state index in [4.69, 9.17) is 0 Å². The van der Waals surface area contributed by atoms with Gasteiger partial charge in [-0.25, -0.2) is 0 Å². The second kappa shape index (κ2) is 6.20. The number of aliphatic hydroxyl groups is 1. The third-order valence-electron chi connectivity index (χ3n) is 4.66. The first-order valence-corrected chi connectivity index (χ1v) is 7.73. The molecule has 6 nitrogen and oxygen atoms in total. The van der Waals surface area contributed by atoms with Gasteiger partial charge in [0, 0.05) is 32.2 Å². The van der Waals surface area contributed by atoms with Gasteiger partial charge < -0.3 is 9.67 Å². The summed E-state index contributed by atoms with van der Waals surface area (Å²) in [4.78, 5) is 4.85. The summed E-state index contributed by atoms with van der Waals surface area (Å²) < 4.78 is 2.07. The van der Waals surface area contributed by atoms with Crippen LogP contribution in [0.25, 0.3) is 0 Å². The predicted molar refractivity (Wildman–Crippen MR) is 76.4 cm³/mol. The molecule has 0 amide bonds. The molecule has 3 rings (SSSR count). The van der Waals surface area contributed by atoms with Crippen LogP contribution in [-0.4, -0.2) is 74.5 Å². The van der Waals surface area contributed by atoms with Crippen LogP contribution < -0.4 is 0 Å². The summed E-state index contributed by atoms with van der Waals surface area (Å²) in [7, 11) is 0. The van der Waals surface area contributed by atoms with Crippen molar-refractivity contribution >= 4 is 0 Å². The Morgan fingerprint density at radius 2 is 2.00 bits per heavy atom. The van der Waals surface area contributed by atoms with Gasteiger partial charge in [-0.05, 0) is 32.9 Å². The van der Waals surface area contributed by atoms with Gasteiger partial charge in [0.2, 0.25) is 0 Å². The van der Waals surface area contributed by atoms with E-state index in [1.165, 1.54) is 19.3 Å². The number of β-amino-alcohol motifs (C(OH)–C–C–N with tert-alkyl or cyclic N) is 1. The molecule has 2 fully saturated rings. The number of likely N-dealkylation sites (tertiary alicyclic amines) is 2. The normalized spacial score (nSPS) is 29.1. The Labute approximate surface area is 120 Å². The van der Waals surface area contributed by atoms with E-state index < -0.39 is 0 Å². The molecular weight excluding hydrogens is 254 g/mol. The van der Waals surface area contributed by atoms with Gasteiger partial charge in [-0.15, -0.1) is 10.2 Å². The van der Waals surface area contributed by atoms with Gasteiger partial charge in [0.05, 0.1) is 6.10 Å². The Morgan fingerprint density at radius 1 is 1.20 bits per heavy atom. The van der Waals surface area contributed by atoms with E-state index in [2.05, 4.69) is 24.6 Å². The lowest BCUT2D eigenvalue weighted by Gasteiger charge is -2.33. The first kappa shape index (κ1) is 14.0. The summed E-state index contributed by atoms with van der Waals surface area (Å²) in [6, 6.07) is 0.331. The number of aliphatic hydroxyl groups excluding tert-OH is 1. The van der Waals surface area contributed by atoms with Gasteiger partial charge in [-0.2, -0.15) is 0 Å². The smallest absolute Gasteiger partial charge is 0.129 e. The van der Waals surface area contributed by atoms with Crippen molar-refractivity contribution in [3.8, 4) is 0 Å². The Morgan fingerprint density at radius 3 is 2.70 bits per heavy atom. The monoisotopic (exact) mass is 279 g/mol. The zero-order valence-corrected chi connectivity index (χ0v) is 12.3. The van der Waals surface area contributed by atoms with Crippen LogP contribution in [0.1, 0.15) is 25.1 Å². The van der Waals surface area contributed by atoms with E-state index >= 15 is 0 Å². The third-order valence-corrected chi connectivity index (χ3v) is 4.66. The SMILES string of the molecule is Cc1nncn1CCN1C[C@H](O)[C@@H](N2CCCCC2)C1. The van der Waals surface area contributed by atoms with Crippen LogP contribution >= 0.6 is 0 Å². The average Bonchev–Trinajstić information content (AvgIpc) is 3.03. The minimum absolute atomic E-state index is 0.199. The second-order valence-corrected chi connectivity index (χ2v) is 6.06. The molecule has 20 heavy (non-hydrogen) atoms. The van der Waals surface area contributed by atoms with E-state index in [9.17, 15) is 5.11 Å². The van der Waals surface area contributed by atoms with Crippen molar-refractivity contribution in [3.63, 3.8) is 0 Å². The standard InChI is InChI=1S/C14H25N5O/c1-12-16-15-11-19(12)8-7-17-9-13(14(20)10-17)18-5-3-2-4-6-18/h11,13-14,20H,2-10H2,1H3/t13-,14-/m0/s1. The quantitative estimate of drug-likeness (QED) is 0.848. The molecule has 0 aromatic carbocycles. The van der Waals surface area contributed by atoms with Crippen LogP contribution in [0.5, 0.6) is 0 Å². The van der Waals surface area contributed by atoms with E-state index in [1.54, 1.807) is 6.33 Å². The summed E-state index contributed by atoms with van der Waals surface area (Å²) in [5, 5.41) is 18.2. The highest BCUT2D eigenvalue weighted by atomic mass is 16.3. The molecule has 2 saturated heterocycles.